The van der Waals surface area contributed by atoms with Crippen LogP contribution in [0, 0.1) is 37.0 Å². The molecule has 0 N–H and O–H groups in total. The summed E-state index contributed by atoms with van der Waals surface area (Å²) in [6.45, 7) is 3.84. The van der Waals surface area contributed by atoms with Gasteiger partial charge in [-0.3, -0.25) is 20.2 Å². The molecule has 0 unspecified atom stereocenters. The van der Waals surface area contributed by atoms with Crippen molar-refractivity contribution in [2.75, 3.05) is 0 Å². The molecule has 0 aliphatic rings. The second-order valence-corrected chi connectivity index (χ2v) is 3.55. The molecule has 13 heavy (non-hydrogen) atoms. The molecule has 0 bridgehead atoms. The van der Waals surface area contributed by atoms with E-state index >= 15 is 0 Å². The standard InChI is InChI=1S/C6H9N3O4/c1-5(2,3)6(4-7,8(10)11)9(12)13/h1-3H3. The van der Waals surface area contributed by atoms with Gasteiger partial charge in [-0.15, -0.1) is 0 Å². The predicted octanol–water partition coefficient (Wildman–Crippen LogP) is 0.806. The minimum atomic E-state index is -2.77. The van der Waals surface area contributed by atoms with E-state index in [1.54, 1.807) is 0 Å². The van der Waals surface area contributed by atoms with Crippen molar-refractivity contribution in [3.8, 4) is 6.07 Å². The average Bonchev–Trinajstić information content (AvgIpc) is 1.83. The van der Waals surface area contributed by atoms with Crippen molar-refractivity contribution in [2.45, 2.75) is 26.4 Å². The maximum Gasteiger partial charge on any atom is 0.548 e. The molecule has 72 valence electrons. The van der Waals surface area contributed by atoms with Gasteiger partial charge in [0.2, 0.25) is 6.07 Å². The molecule has 0 fully saturated rings. The van der Waals surface area contributed by atoms with Gasteiger partial charge in [0, 0.05) is 0 Å². The van der Waals surface area contributed by atoms with E-state index in [9.17, 15) is 20.2 Å². The Bertz CT molecular complexity index is 271. The number of hydrogen-bond donors (Lipinski definition) is 0. The third-order valence-electron chi connectivity index (χ3n) is 1.73. The molecule has 0 rings (SSSR count). The van der Waals surface area contributed by atoms with Crippen LogP contribution in [-0.4, -0.2) is 15.5 Å². The number of nitriles is 1. The average molecular weight is 187 g/mol. The molecule has 0 amide bonds. The molecular weight excluding hydrogens is 178 g/mol. The molecule has 7 nitrogen and oxygen atoms in total. The van der Waals surface area contributed by atoms with Crippen LogP contribution in [-0.2, 0) is 0 Å². The highest BCUT2D eigenvalue weighted by molar-refractivity contribution is 5.00. The highest BCUT2D eigenvalue weighted by atomic mass is 16.7. The highest BCUT2D eigenvalue weighted by Gasteiger charge is 2.67. The Morgan fingerprint density at radius 3 is 1.46 bits per heavy atom. The summed E-state index contributed by atoms with van der Waals surface area (Å²) >= 11 is 0. The molecule has 0 aromatic carbocycles. The first-order valence-corrected chi connectivity index (χ1v) is 3.40. The summed E-state index contributed by atoms with van der Waals surface area (Å²) in [6, 6.07) is 1.16. The van der Waals surface area contributed by atoms with Crippen LogP contribution in [0.2, 0.25) is 0 Å². The molecule has 0 saturated carbocycles. The van der Waals surface area contributed by atoms with Crippen LogP contribution in [0.4, 0.5) is 0 Å². The first-order chi connectivity index (χ1) is 5.70. The number of nitro groups is 2. The van der Waals surface area contributed by atoms with E-state index in [0.717, 1.165) is 6.07 Å². The van der Waals surface area contributed by atoms with Crippen molar-refractivity contribution in [1.29, 1.82) is 5.26 Å². The molecule has 0 aromatic heterocycles. The zero-order valence-electron chi connectivity index (χ0n) is 7.47. The number of rotatable bonds is 2. The van der Waals surface area contributed by atoms with Crippen molar-refractivity contribution >= 4 is 0 Å². The lowest BCUT2D eigenvalue weighted by atomic mass is 9.82. The summed E-state index contributed by atoms with van der Waals surface area (Å²) in [7, 11) is 0. The van der Waals surface area contributed by atoms with Gasteiger partial charge in [0.05, 0.1) is 0 Å². The van der Waals surface area contributed by atoms with Crippen molar-refractivity contribution in [2.24, 2.45) is 5.41 Å². The predicted molar refractivity (Wildman–Crippen MR) is 41.8 cm³/mol. The fraction of sp³-hybridized carbons (Fsp3) is 0.833. The molecule has 0 spiro atoms. The van der Waals surface area contributed by atoms with Crippen LogP contribution in [0.25, 0.3) is 0 Å². The van der Waals surface area contributed by atoms with Gasteiger partial charge in [-0.25, -0.2) is 0 Å². The van der Waals surface area contributed by atoms with Crippen LogP contribution in [0.1, 0.15) is 20.8 Å². The Labute approximate surface area is 74.3 Å². The molecule has 0 aliphatic carbocycles. The van der Waals surface area contributed by atoms with Crippen molar-refractivity contribution in [3.05, 3.63) is 20.2 Å². The van der Waals surface area contributed by atoms with E-state index in [0.29, 0.717) is 0 Å². The molecular formula is C6H9N3O4. The maximum absolute atomic E-state index is 10.5. The van der Waals surface area contributed by atoms with Gasteiger partial charge >= 0.3 is 5.66 Å². The summed E-state index contributed by atoms with van der Waals surface area (Å²) in [6.07, 6.45) is 0. The van der Waals surface area contributed by atoms with Gasteiger partial charge in [0.15, 0.2) is 0 Å². The molecule has 0 radical (unpaired) electrons. The first kappa shape index (κ1) is 11.3. The number of nitrogens with zero attached hydrogens (tertiary/aromatic N) is 3. The van der Waals surface area contributed by atoms with Crippen molar-refractivity contribution in [3.63, 3.8) is 0 Å². The third-order valence-corrected chi connectivity index (χ3v) is 1.73. The zero-order chi connectivity index (χ0) is 10.9. The lowest BCUT2D eigenvalue weighted by Gasteiger charge is -2.21. The molecule has 7 heteroatoms. The normalized spacial score (nSPS) is 11.8. The smallest absolute Gasteiger partial charge is 0.257 e. The maximum atomic E-state index is 10.5. The first-order valence-electron chi connectivity index (χ1n) is 3.40. The zero-order valence-corrected chi connectivity index (χ0v) is 7.47. The Morgan fingerprint density at radius 2 is 1.46 bits per heavy atom. The molecule has 0 saturated heterocycles. The minimum absolute atomic E-state index is 1.16. The largest absolute Gasteiger partial charge is 0.548 e. The fourth-order valence-electron chi connectivity index (χ4n) is 0.864. The monoisotopic (exact) mass is 187 g/mol. The van der Waals surface area contributed by atoms with Crippen molar-refractivity contribution < 1.29 is 9.85 Å². The van der Waals surface area contributed by atoms with E-state index in [-0.39, 0.29) is 0 Å². The van der Waals surface area contributed by atoms with Gasteiger partial charge in [-0.2, -0.15) is 5.26 Å². The van der Waals surface area contributed by atoms with Crippen LogP contribution in [0.5, 0.6) is 0 Å². The van der Waals surface area contributed by atoms with E-state index in [2.05, 4.69) is 0 Å². The van der Waals surface area contributed by atoms with Gasteiger partial charge < -0.3 is 0 Å². The summed E-state index contributed by atoms with van der Waals surface area (Å²) < 4.78 is 0. The van der Waals surface area contributed by atoms with E-state index < -0.39 is 20.9 Å². The van der Waals surface area contributed by atoms with E-state index in [1.165, 1.54) is 20.8 Å². The van der Waals surface area contributed by atoms with Gasteiger partial charge in [0.25, 0.3) is 0 Å². The topological polar surface area (TPSA) is 110 Å². The highest BCUT2D eigenvalue weighted by Crippen LogP contribution is 2.32. The minimum Gasteiger partial charge on any atom is -0.257 e. The Morgan fingerprint density at radius 1 is 1.15 bits per heavy atom. The van der Waals surface area contributed by atoms with Crippen molar-refractivity contribution in [1.82, 2.24) is 0 Å². The Balaban J connectivity index is 5.56. The van der Waals surface area contributed by atoms with Crippen LogP contribution >= 0.6 is 0 Å². The van der Waals surface area contributed by atoms with Crippen LogP contribution < -0.4 is 0 Å². The summed E-state index contributed by atoms with van der Waals surface area (Å²) in [5, 5.41) is 29.5. The molecule has 0 aliphatic heterocycles. The van der Waals surface area contributed by atoms with Gasteiger partial charge in [-0.1, -0.05) is 0 Å². The lowest BCUT2D eigenvalue weighted by molar-refractivity contribution is -0.794. The lowest BCUT2D eigenvalue weighted by Crippen LogP contribution is -2.55. The third kappa shape index (κ3) is 1.42. The quantitative estimate of drug-likeness (QED) is 0.360. The summed E-state index contributed by atoms with van der Waals surface area (Å²) in [4.78, 5) is 18.6. The van der Waals surface area contributed by atoms with Crippen LogP contribution in [0.15, 0.2) is 0 Å². The molecule has 0 aromatic rings. The van der Waals surface area contributed by atoms with Crippen LogP contribution in [0.3, 0.4) is 0 Å². The fourth-order valence-corrected chi connectivity index (χ4v) is 0.864. The second kappa shape index (κ2) is 2.97. The Kier molecular flexibility index (Phi) is 2.58. The molecule has 0 atom stereocenters. The summed E-state index contributed by atoms with van der Waals surface area (Å²) in [5.74, 6) is 0. The van der Waals surface area contributed by atoms with E-state index in [1.807, 2.05) is 0 Å². The van der Waals surface area contributed by atoms with Gasteiger partial charge in [0.1, 0.15) is 15.3 Å². The second-order valence-electron chi connectivity index (χ2n) is 3.55. The Hall–Kier alpha value is -1.71. The van der Waals surface area contributed by atoms with E-state index in [4.69, 9.17) is 5.26 Å². The SMILES string of the molecule is CC(C)(C)C(C#N)([N+](=O)[O-])[N+](=O)[O-]. The summed E-state index contributed by atoms with van der Waals surface area (Å²) in [5.41, 5.74) is -4.12. The number of hydrogen-bond acceptors (Lipinski definition) is 5. The van der Waals surface area contributed by atoms with Gasteiger partial charge in [-0.05, 0) is 20.8 Å². The molecule has 0 heterocycles.